The number of aryl methyl sites for hydroxylation is 2. The van der Waals surface area contributed by atoms with Crippen molar-refractivity contribution in [1.82, 2.24) is 4.98 Å². The highest BCUT2D eigenvalue weighted by Crippen LogP contribution is 2.29. The molecule has 0 aliphatic rings. The van der Waals surface area contributed by atoms with E-state index in [1.807, 2.05) is 48.5 Å². The minimum atomic E-state index is -1.38. The molecule has 0 amide bonds. The summed E-state index contributed by atoms with van der Waals surface area (Å²) >= 11 is 1.67. The molecule has 182 valence electrons. The lowest BCUT2D eigenvalue weighted by Gasteiger charge is -2.26. The van der Waals surface area contributed by atoms with Crippen LogP contribution in [-0.4, -0.2) is 28.3 Å². The smallest absolute Gasteiger partial charge is 0.348 e. The summed E-state index contributed by atoms with van der Waals surface area (Å²) in [5.41, 5.74) is 0.380. The molecular formula is C28H29NO5S. The Balaban J connectivity index is 1.35. The molecule has 1 N–H and O–H groups in total. The van der Waals surface area contributed by atoms with Gasteiger partial charge in [0.1, 0.15) is 17.3 Å². The van der Waals surface area contributed by atoms with Crippen molar-refractivity contribution < 1.29 is 23.8 Å². The Morgan fingerprint density at radius 3 is 2.43 bits per heavy atom. The molecule has 35 heavy (non-hydrogen) atoms. The molecule has 0 saturated carbocycles. The highest BCUT2D eigenvalue weighted by molar-refractivity contribution is 7.15. The van der Waals surface area contributed by atoms with Gasteiger partial charge in [-0.15, -0.1) is 11.3 Å². The average Bonchev–Trinajstić information content (AvgIpc) is 3.46. The van der Waals surface area contributed by atoms with E-state index in [1.165, 1.54) is 4.88 Å². The average molecular weight is 492 g/mol. The highest BCUT2D eigenvalue weighted by atomic mass is 32.1. The number of carbonyl (C=O) groups is 1. The van der Waals surface area contributed by atoms with Crippen molar-refractivity contribution in [2.45, 2.75) is 45.6 Å². The maximum atomic E-state index is 12.0. The normalized spacial score (nSPS) is 12.8. The summed E-state index contributed by atoms with van der Waals surface area (Å²) in [4.78, 5) is 18.9. The minimum absolute atomic E-state index is 0.223. The number of carboxylic acid groups (broad SMARTS) is 1. The number of hydrogen-bond donors (Lipinski definition) is 1. The monoisotopic (exact) mass is 491 g/mol. The van der Waals surface area contributed by atoms with Crippen molar-refractivity contribution in [1.29, 1.82) is 0 Å². The minimum Gasteiger partial charge on any atom is -0.493 e. The van der Waals surface area contributed by atoms with Crippen LogP contribution in [0.5, 0.6) is 11.5 Å². The van der Waals surface area contributed by atoms with Crippen LogP contribution in [-0.2, 0) is 24.1 Å². The molecular weight excluding hydrogens is 462 g/mol. The number of benzene rings is 2. The lowest BCUT2D eigenvalue weighted by molar-refractivity contribution is -0.153. The molecule has 0 bridgehead atoms. The first kappa shape index (κ1) is 24.5. The first-order valence-electron chi connectivity index (χ1n) is 11.6. The highest BCUT2D eigenvalue weighted by Gasteiger charge is 2.36. The molecule has 1 atom stereocenters. The van der Waals surface area contributed by atoms with E-state index in [9.17, 15) is 9.90 Å². The molecule has 7 heteroatoms. The Hall–Kier alpha value is -3.58. The van der Waals surface area contributed by atoms with Gasteiger partial charge < -0.3 is 19.0 Å². The van der Waals surface area contributed by atoms with Crippen LogP contribution in [0.15, 0.2) is 71.1 Å². The van der Waals surface area contributed by atoms with Gasteiger partial charge in [0.2, 0.25) is 11.5 Å². The van der Waals surface area contributed by atoms with Gasteiger partial charge in [0, 0.05) is 24.1 Å². The number of rotatable bonds is 11. The number of carboxylic acids is 1. The first-order valence-corrected chi connectivity index (χ1v) is 12.4. The van der Waals surface area contributed by atoms with Crippen molar-refractivity contribution in [3.63, 3.8) is 0 Å². The molecule has 4 aromatic rings. The van der Waals surface area contributed by atoms with Gasteiger partial charge in [0.15, 0.2) is 0 Å². The van der Waals surface area contributed by atoms with Gasteiger partial charge in [0.05, 0.1) is 17.2 Å². The molecule has 0 fully saturated rings. The van der Waals surface area contributed by atoms with Gasteiger partial charge in [-0.05, 0) is 55.8 Å². The van der Waals surface area contributed by atoms with E-state index in [-0.39, 0.29) is 6.42 Å². The zero-order chi connectivity index (χ0) is 24.8. The molecule has 2 aromatic heterocycles. The summed E-state index contributed by atoms with van der Waals surface area (Å²) < 4.78 is 17.7. The summed E-state index contributed by atoms with van der Waals surface area (Å²) in [6.07, 6.45) is 1.64. The maximum Gasteiger partial charge on any atom is 0.348 e. The lowest BCUT2D eigenvalue weighted by Crippen LogP contribution is -2.43. The Bertz CT molecular complexity index is 1260. The maximum absolute atomic E-state index is 12.0. The third-order valence-corrected chi connectivity index (χ3v) is 6.65. The molecule has 0 saturated heterocycles. The van der Waals surface area contributed by atoms with Crippen LogP contribution >= 0.6 is 11.3 Å². The van der Waals surface area contributed by atoms with E-state index < -0.39 is 11.6 Å². The Kier molecular flexibility index (Phi) is 7.56. The van der Waals surface area contributed by atoms with Crippen LogP contribution in [0.3, 0.4) is 0 Å². The van der Waals surface area contributed by atoms with Gasteiger partial charge in [-0.2, -0.15) is 0 Å². The predicted molar refractivity (Wildman–Crippen MR) is 136 cm³/mol. The SMILES string of the molecule is CCc1oc(-c2ccc(C)s2)nc1CCOc1ccc(C[C@](C)(Oc2ccccc2)C(=O)O)cc1. The number of ether oxygens (including phenoxy) is 2. The lowest BCUT2D eigenvalue weighted by atomic mass is 9.96. The Morgan fingerprint density at radius 1 is 1.06 bits per heavy atom. The first-order chi connectivity index (χ1) is 16.9. The predicted octanol–water partition coefficient (Wildman–Crippen LogP) is 6.36. The second kappa shape index (κ2) is 10.8. The molecule has 0 spiro atoms. The van der Waals surface area contributed by atoms with Crippen LogP contribution in [0.4, 0.5) is 0 Å². The summed E-state index contributed by atoms with van der Waals surface area (Å²) in [7, 11) is 0. The summed E-state index contributed by atoms with van der Waals surface area (Å²) in [5, 5.41) is 9.79. The van der Waals surface area contributed by atoms with E-state index in [1.54, 1.807) is 30.4 Å². The van der Waals surface area contributed by atoms with Gasteiger partial charge >= 0.3 is 5.97 Å². The fourth-order valence-electron chi connectivity index (χ4n) is 3.77. The molecule has 2 aromatic carbocycles. The molecule has 0 radical (unpaired) electrons. The van der Waals surface area contributed by atoms with Crippen molar-refractivity contribution in [2.24, 2.45) is 0 Å². The number of para-hydroxylation sites is 1. The van der Waals surface area contributed by atoms with Gasteiger partial charge in [-0.3, -0.25) is 0 Å². The van der Waals surface area contributed by atoms with E-state index in [4.69, 9.17) is 18.9 Å². The molecule has 0 aliphatic heterocycles. The van der Waals surface area contributed by atoms with Crippen LogP contribution < -0.4 is 9.47 Å². The van der Waals surface area contributed by atoms with Gasteiger partial charge in [-0.1, -0.05) is 37.3 Å². The number of hydrogen-bond acceptors (Lipinski definition) is 6. The molecule has 0 unspecified atom stereocenters. The molecule has 0 aliphatic carbocycles. The zero-order valence-corrected chi connectivity index (χ0v) is 20.9. The summed E-state index contributed by atoms with van der Waals surface area (Å²) in [6.45, 7) is 6.17. The summed E-state index contributed by atoms with van der Waals surface area (Å²) in [6, 6.07) is 20.5. The number of oxazole rings is 1. The van der Waals surface area contributed by atoms with Gasteiger partial charge in [0.25, 0.3) is 0 Å². The second-order valence-corrected chi connectivity index (χ2v) is 9.81. The van der Waals surface area contributed by atoms with Crippen LogP contribution in [0.25, 0.3) is 10.8 Å². The number of aromatic nitrogens is 1. The van der Waals surface area contributed by atoms with E-state index in [0.29, 0.717) is 30.4 Å². The van der Waals surface area contributed by atoms with Crippen molar-refractivity contribution in [2.75, 3.05) is 6.61 Å². The van der Waals surface area contributed by atoms with Crippen molar-refractivity contribution in [3.05, 3.63) is 88.6 Å². The van der Waals surface area contributed by atoms with Crippen LogP contribution in [0, 0.1) is 6.92 Å². The number of aliphatic carboxylic acids is 1. The summed E-state index contributed by atoms with van der Waals surface area (Å²) in [5.74, 6) is 1.77. The van der Waals surface area contributed by atoms with Crippen molar-refractivity contribution in [3.8, 4) is 22.3 Å². The third kappa shape index (κ3) is 6.11. The Labute approximate surface area is 209 Å². The second-order valence-electron chi connectivity index (χ2n) is 8.52. The molecule has 4 rings (SSSR count). The van der Waals surface area contributed by atoms with Gasteiger partial charge in [-0.25, -0.2) is 9.78 Å². The number of thiophene rings is 1. The number of nitrogens with zero attached hydrogens (tertiary/aromatic N) is 1. The standard InChI is InChI=1S/C28H29NO5S/c1-4-24-23(29-26(33-24)25-15-10-19(2)35-25)16-17-32-21-13-11-20(12-14-21)18-28(3,27(30)31)34-22-8-6-5-7-9-22/h5-15H,4,16-18H2,1-3H3,(H,30,31)/t28-/m0/s1. The largest absolute Gasteiger partial charge is 0.493 e. The van der Waals surface area contributed by atoms with Crippen LogP contribution in [0.2, 0.25) is 0 Å². The quantitative estimate of drug-likeness (QED) is 0.263. The third-order valence-electron chi connectivity index (χ3n) is 5.66. The van der Waals surface area contributed by atoms with Crippen LogP contribution in [0.1, 0.15) is 35.7 Å². The molecule has 6 nitrogen and oxygen atoms in total. The molecule has 2 heterocycles. The van der Waals surface area contributed by atoms with Crippen molar-refractivity contribution >= 4 is 17.3 Å². The fourth-order valence-corrected chi connectivity index (χ4v) is 4.57. The van der Waals surface area contributed by atoms with E-state index >= 15 is 0 Å². The zero-order valence-electron chi connectivity index (χ0n) is 20.1. The Morgan fingerprint density at radius 2 is 1.80 bits per heavy atom. The van der Waals surface area contributed by atoms with E-state index in [0.717, 1.165) is 28.3 Å². The van der Waals surface area contributed by atoms with E-state index in [2.05, 4.69) is 19.9 Å². The fraction of sp³-hybridized carbons (Fsp3) is 0.286. The topological polar surface area (TPSA) is 81.8 Å².